The number of halogens is 1. The van der Waals surface area contributed by atoms with E-state index in [0.717, 1.165) is 27.8 Å². The molecule has 6 rings (SSSR count). The van der Waals surface area contributed by atoms with E-state index in [1.165, 1.54) is 5.56 Å². The van der Waals surface area contributed by atoms with Gasteiger partial charge in [-0.2, -0.15) is 0 Å². The minimum atomic E-state index is -1.90. The zero-order valence-corrected chi connectivity index (χ0v) is 29.9. The maximum Gasteiger partial charge on any atom is 0.223 e. The topological polar surface area (TPSA) is 57.2 Å². The van der Waals surface area contributed by atoms with Gasteiger partial charge in [-0.1, -0.05) is 152 Å². The lowest BCUT2D eigenvalue weighted by molar-refractivity contribution is -0.404. The van der Waals surface area contributed by atoms with Gasteiger partial charge in [-0.3, -0.25) is 0 Å². The van der Waals surface area contributed by atoms with Gasteiger partial charge in [0.2, 0.25) is 5.79 Å². The van der Waals surface area contributed by atoms with Crippen LogP contribution in [-0.4, -0.2) is 29.0 Å². The van der Waals surface area contributed by atoms with Gasteiger partial charge in [-0.25, -0.2) is 0 Å². The van der Waals surface area contributed by atoms with E-state index < -0.39 is 29.7 Å². The molecule has 1 fully saturated rings. The number of aliphatic hydroxyl groups is 1. The van der Waals surface area contributed by atoms with Crippen LogP contribution >= 0.6 is 11.6 Å². The third-order valence-electron chi connectivity index (χ3n) is 9.86. The van der Waals surface area contributed by atoms with Gasteiger partial charge in [0.15, 0.2) is 0 Å². The largest absolute Gasteiger partial charge is 0.368 e. The summed E-state index contributed by atoms with van der Waals surface area (Å²) in [6.45, 7) is 7.13. The van der Waals surface area contributed by atoms with E-state index in [2.05, 4.69) is 45.0 Å². The maximum atomic E-state index is 13.1. The molecular weight excluding hydrogens is 644 g/mol. The second kappa shape index (κ2) is 16.5. The first-order valence-corrected chi connectivity index (χ1v) is 17.9. The van der Waals surface area contributed by atoms with E-state index in [1.807, 2.05) is 109 Å². The van der Waals surface area contributed by atoms with Crippen LogP contribution in [-0.2, 0) is 51.0 Å². The predicted octanol–water partition coefficient (Wildman–Crippen LogP) is 9.73. The normalized spacial score (nSPS) is 21.6. The average molecular weight is 691 g/mol. The molecule has 0 aliphatic carbocycles. The first kappa shape index (κ1) is 36.0. The Hall–Kier alpha value is -3.81. The summed E-state index contributed by atoms with van der Waals surface area (Å²) in [5.41, 5.74) is 5.87. The summed E-state index contributed by atoms with van der Waals surface area (Å²) in [6, 6.07) is 44.2. The Morgan fingerprint density at radius 1 is 0.620 bits per heavy atom. The number of hydrogen-bond acceptors (Lipinski definition) is 5. The first-order valence-electron chi connectivity index (χ1n) is 17.6. The van der Waals surface area contributed by atoms with Gasteiger partial charge >= 0.3 is 0 Å². The van der Waals surface area contributed by atoms with E-state index in [-0.39, 0.29) is 6.61 Å². The smallest absolute Gasteiger partial charge is 0.223 e. The maximum absolute atomic E-state index is 13.1. The first-order chi connectivity index (χ1) is 24.3. The van der Waals surface area contributed by atoms with Gasteiger partial charge in [-0.15, -0.1) is 0 Å². The molecule has 5 aromatic carbocycles. The summed E-state index contributed by atoms with van der Waals surface area (Å²) < 4.78 is 27.6. The molecule has 0 aromatic heterocycles. The second-order valence-corrected chi connectivity index (χ2v) is 13.6. The SMILES string of the molecule is CCC1(CC)OC(O)(c2ccc(Cl)c(Cc3ccc(C)cc3)c2)C(OCc2ccccc2)C(OCc2ccccc2)C1OCc1ccccc1. The Kier molecular flexibility index (Phi) is 11.9. The van der Waals surface area contributed by atoms with Crippen molar-refractivity contribution in [3.05, 3.63) is 177 Å². The molecule has 0 bridgehead atoms. The van der Waals surface area contributed by atoms with E-state index in [1.54, 1.807) is 0 Å². The summed E-state index contributed by atoms with van der Waals surface area (Å²) in [7, 11) is 0. The van der Waals surface area contributed by atoms with E-state index in [4.69, 9.17) is 30.5 Å². The van der Waals surface area contributed by atoms with Crippen LogP contribution in [0.25, 0.3) is 0 Å². The van der Waals surface area contributed by atoms with Crippen LogP contribution < -0.4 is 0 Å². The highest BCUT2D eigenvalue weighted by Crippen LogP contribution is 2.48. The Morgan fingerprint density at radius 2 is 1.12 bits per heavy atom. The molecule has 1 heterocycles. The number of rotatable bonds is 14. The molecule has 1 N–H and O–H groups in total. The Balaban J connectivity index is 1.45. The fraction of sp³-hybridized carbons (Fsp3) is 0.318. The van der Waals surface area contributed by atoms with Gasteiger partial charge in [-0.05, 0) is 66.1 Å². The van der Waals surface area contributed by atoms with Crippen molar-refractivity contribution in [3.8, 4) is 0 Å². The van der Waals surface area contributed by atoms with Crippen LogP contribution in [0.1, 0.15) is 65.6 Å². The van der Waals surface area contributed by atoms with Crippen molar-refractivity contribution in [2.24, 2.45) is 0 Å². The number of ether oxygens (including phenoxy) is 4. The van der Waals surface area contributed by atoms with E-state index >= 15 is 0 Å². The van der Waals surface area contributed by atoms with E-state index in [9.17, 15) is 5.11 Å². The number of hydrogen-bond donors (Lipinski definition) is 1. The second-order valence-electron chi connectivity index (χ2n) is 13.2. The van der Waals surface area contributed by atoms with Crippen molar-refractivity contribution in [2.45, 2.75) is 89.6 Å². The minimum absolute atomic E-state index is 0.239. The van der Waals surface area contributed by atoms with Crippen molar-refractivity contribution in [2.75, 3.05) is 0 Å². The summed E-state index contributed by atoms with van der Waals surface area (Å²) >= 11 is 6.82. The van der Waals surface area contributed by atoms with Gasteiger partial charge in [0.05, 0.1) is 19.8 Å². The Labute approximate surface area is 301 Å². The third kappa shape index (κ3) is 8.21. The lowest BCUT2D eigenvalue weighted by atomic mass is 9.77. The fourth-order valence-electron chi connectivity index (χ4n) is 6.90. The summed E-state index contributed by atoms with van der Waals surface area (Å²) in [5, 5.41) is 13.8. The van der Waals surface area contributed by atoms with Crippen molar-refractivity contribution in [3.63, 3.8) is 0 Å². The number of aryl methyl sites for hydroxylation is 1. The van der Waals surface area contributed by atoms with Gasteiger partial charge in [0.25, 0.3) is 0 Å². The molecule has 50 heavy (non-hydrogen) atoms. The average Bonchev–Trinajstić information content (AvgIpc) is 3.15. The molecule has 4 atom stereocenters. The summed E-state index contributed by atoms with van der Waals surface area (Å²) in [4.78, 5) is 0. The quantitative estimate of drug-likeness (QED) is 0.126. The van der Waals surface area contributed by atoms with Crippen LogP contribution in [0, 0.1) is 6.92 Å². The van der Waals surface area contributed by atoms with Crippen molar-refractivity contribution >= 4 is 11.6 Å². The summed E-state index contributed by atoms with van der Waals surface area (Å²) in [5.74, 6) is -1.90. The molecule has 6 heteroatoms. The van der Waals surface area contributed by atoms with Gasteiger partial charge in [0, 0.05) is 10.6 Å². The molecule has 1 aliphatic rings. The lowest BCUT2D eigenvalue weighted by Gasteiger charge is -2.56. The van der Waals surface area contributed by atoms with Gasteiger partial charge < -0.3 is 24.1 Å². The highest BCUT2D eigenvalue weighted by Gasteiger charge is 2.62. The third-order valence-corrected chi connectivity index (χ3v) is 10.2. The molecule has 1 aliphatic heterocycles. The molecule has 1 saturated heterocycles. The molecule has 260 valence electrons. The molecule has 4 unspecified atom stereocenters. The van der Waals surface area contributed by atoms with Crippen LogP contribution in [0.4, 0.5) is 0 Å². The molecule has 0 saturated carbocycles. The summed E-state index contributed by atoms with van der Waals surface area (Å²) in [6.07, 6.45) is -0.495. The molecule has 5 aromatic rings. The zero-order chi connectivity index (χ0) is 35.0. The fourth-order valence-corrected chi connectivity index (χ4v) is 7.09. The van der Waals surface area contributed by atoms with Crippen LogP contribution in [0.2, 0.25) is 5.02 Å². The highest BCUT2D eigenvalue weighted by molar-refractivity contribution is 6.31. The van der Waals surface area contributed by atoms with Crippen LogP contribution in [0.15, 0.2) is 133 Å². The van der Waals surface area contributed by atoms with E-state index in [0.29, 0.717) is 43.1 Å². The Morgan fingerprint density at radius 3 is 1.64 bits per heavy atom. The lowest BCUT2D eigenvalue weighted by Crippen LogP contribution is -2.69. The van der Waals surface area contributed by atoms with Crippen molar-refractivity contribution in [1.29, 1.82) is 0 Å². The minimum Gasteiger partial charge on any atom is -0.368 e. The Bertz CT molecular complexity index is 1780. The van der Waals surface area contributed by atoms with Crippen LogP contribution in [0.3, 0.4) is 0 Å². The standard InChI is InChI=1S/C44H47ClO5/c1-4-43(5-2)41(48-30-35-17-11-7-12-18-35)40(47-29-34-15-9-6-10-16-34)42(49-31-36-19-13-8-14-20-36)44(46,50-43)38-25-26-39(45)37(28-38)27-33-23-21-32(3)22-24-33/h6-26,28,40-42,46H,4-5,27,29-31H2,1-3H3. The zero-order valence-electron chi connectivity index (χ0n) is 29.1. The number of benzene rings is 5. The predicted molar refractivity (Wildman–Crippen MR) is 199 cm³/mol. The van der Waals surface area contributed by atoms with Crippen LogP contribution in [0.5, 0.6) is 0 Å². The molecule has 0 radical (unpaired) electrons. The van der Waals surface area contributed by atoms with Crippen molar-refractivity contribution < 1.29 is 24.1 Å². The molecular formula is C44H47ClO5. The highest BCUT2D eigenvalue weighted by atomic mass is 35.5. The molecule has 0 amide bonds. The molecule has 5 nitrogen and oxygen atoms in total. The van der Waals surface area contributed by atoms with Gasteiger partial charge in [0.1, 0.15) is 23.9 Å². The molecule has 0 spiro atoms. The monoisotopic (exact) mass is 690 g/mol. The van der Waals surface area contributed by atoms with Crippen molar-refractivity contribution in [1.82, 2.24) is 0 Å².